The molecule has 0 rings (SSSR count). The first kappa shape index (κ1) is 40.1. The van der Waals surface area contributed by atoms with Crippen LogP contribution in [0.5, 0.6) is 0 Å². The molecule has 0 bridgehead atoms. The lowest BCUT2D eigenvalue weighted by Gasteiger charge is -2.05. The largest absolute Gasteiger partial charge is 0.466 e. The molecule has 0 unspecified atom stereocenters. The first-order chi connectivity index (χ1) is 10.5. The highest BCUT2D eigenvalue weighted by molar-refractivity contribution is 5.87. The fourth-order valence-corrected chi connectivity index (χ4v) is 1.43. The number of carbonyl (C=O) groups is 4. The number of ether oxygens (including phenoxy) is 3. The van der Waals surface area contributed by atoms with Gasteiger partial charge in [-0.05, 0) is 19.8 Å². The number of ketones is 2. The predicted molar refractivity (Wildman–Crippen MR) is 111 cm³/mol. The van der Waals surface area contributed by atoms with E-state index in [1.807, 2.05) is 0 Å². The van der Waals surface area contributed by atoms with Crippen molar-refractivity contribution in [3.63, 3.8) is 0 Å². The van der Waals surface area contributed by atoms with Crippen LogP contribution in [0.1, 0.15) is 82.6 Å². The van der Waals surface area contributed by atoms with E-state index in [2.05, 4.69) is 0 Å². The fraction of sp³-hybridized carbons (Fsp3) is 0.800. The van der Waals surface area contributed by atoms with E-state index in [0.717, 1.165) is 6.42 Å². The van der Waals surface area contributed by atoms with E-state index in [1.54, 1.807) is 7.11 Å². The lowest BCUT2D eigenvalue weighted by molar-refractivity contribution is -0.152. The summed E-state index contributed by atoms with van der Waals surface area (Å²) < 4.78 is 14.5. The zero-order valence-corrected chi connectivity index (χ0v) is 13.2. The standard InChI is InChI=1S/C15H24O7.5CH4/c1-12(16)5-6-13(17)11-22-15(19)8-7-14(18)21-10-4-3-9-20-2;;;;;/h3-11H2,1-2H3;5*1H4. The quantitative estimate of drug-likeness (QED) is 0.336. The van der Waals surface area contributed by atoms with Crippen LogP contribution < -0.4 is 0 Å². The van der Waals surface area contributed by atoms with Crippen LogP contribution in [0.3, 0.4) is 0 Å². The van der Waals surface area contributed by atoms with Crippen molar-refractivity contribution < 1.29 is 33.4 Å². The Bertz CT molecular complexity index is 379. The lowest BCUT2D eigenvalue weighted by Crippen LogP contribution is -2.16. The van der Waals surface area contributed by atoms with Crippen molar-refractivity contribution in [2.45, 2.75) is 82.6 Å². The summed E-state index contributed by atoms with van der Waals surface area (Å²) in [5.74, 6) is -1.51. The number of esters is 2. The molecule has 0 saturated heterocycles. The zero-order valence-electron chi connectivity index (χ0n) is 13.2. The van der Waals surface area contributed by atoms with Crippen LogP contribution in [-0.4, -0.2) is 50.4 Å². The van der Waals surface area contributed by atoms with Gasteiger partial charge in [0.25, 0.3) is 0 Å². The maximum Gasteiger partial charge on any atom is 0.306 e. The molecule has 0 N–H and O–H groups in total. The second kappa shape index (κ2) is 26.5. The van der Waals surface area contributed by atoms with Gasteiger partial charge in [0.05, 0.1) is 19.4 Å². The Morgan fingerprint density at radius 1 is 0.667 bits per heavy atom. The highest BCUT2D eigenvalue weighted by Gasteiger charge is 2.11. The van der Waals surface area contributed by atoms with Crippen molar-refractivity contribution in [1.29, 1.82) is 0 Å². The number of Topliss-reactive ketones (excluding diaryl/α,β-unsaturated/α-hetero) is 2. The Kier molecular flexibility index (Phi) is 39.3. The van der Waals surface area contributed by atoms with E-state index in [0.29, 0.717) is 19.6 Å². The van der Waals surface area contributed by atoms with Gasteiger partial charge in [-0.25, -0.2) is 0 Å². The lowest BCUT2D eigenvalue weighted by atomic mass is 10.2. The van der Waals surface area contributed by atoms with Crippen molar-refractivity contribution in [2.75, 3.05) is 26.9 Å². The monoisotopic (exact) mass is 396 g/mol. The third-order valence-electron chi connectivity index (χ3n) is 2.69. The number of hydrogen-bond acceptors (Lipinski definition) is 7. The summed E-state index contributed by atoms with van der Waals surface area (Å²) in [6, 6.07) is 0. The van der Waals surface area contributed by atoms with Crippen molar-refractivity contribution >= 4 is 23.5 Å². The van der Waals surface area contributed by atoms with Gasteiger partial charge in [-0.1, -0.05) is 37.1 Å². The van der Waals surface area contributed by atoms with E-state index in [4.69, 9.17) is 14.2 Å². The number of rotatable bonds is 13. The molecule has 0 heterocycles. The van der Waals surface area contributed by atoms with Crippen LogP contribution in [0.15, 0.2) is 0 Å². The molecule has 0 aliphatic heterocycles. The van der Waals surface area contributed by atoms with Crippen LogP contribution in [0.25, 0.3) is 0 Å². The van der Waals surface area contributed by atoms with Crippen molar-refractivity contribution in [1.82, 2.24) is 0 Å². The van der Waals surface area contributed by atoms with Crippen molar-refractivity contribution in [3.05, 3.63) is 0 Å². The Balaban J connectivity index is -0.000000220. The number of hydrogen-bond donors (Lipinski definition) is 0. The highest BCUT2D eigenvalue weighted by atomic mass is 16.5. The van der Waals surface area contributed by atoms with Gasteiger partial charge in [-0.2, -0.15) is 0 Å². The van der Waals surface area contributed by atoms with E-state index >= 15 is 0 Å². The molecule has 166 valence electrons. The minimum Gasteiger partial charge on any atom is -0.466 e. The van der Waals surface area contributed by atoms with Crippen molar-refractivity contribution in [3.8, 4) is 0 Å². The van der Waals surface area contributed by atoms with E-state index in [1.165, 1.54) is 6.92 Å². The summed E-state index contributed by atoms with van der Waals surface area (Å²) in [6.07, 6.45) is 1.50. The van der Waals surface area contributed by atoms with Crippen LogP contribution in [-0.2, 0) is 33.4 Å². The average molecular weight is 397 g/mol. The Labute approximate surface area is 167 Å². The summed E-state index contributed by atoms with van der Waals surface area (Å²) in [4.78, 5) is 44.6. The molecular weight excluding hydrogens is 352 g/mol. The second-order valence-corrected chi connectivity index (χ2v) is 4.82. The molecule has 0 fully saturated rings. The molecule has 0 radical (unpaired) electrons. The van der Waals surface area contributed by atoms with E-state index in [9.17, 15) is 19.2 Å². The summed E-state index contributed by atoms with van der Waals surface area (Å²) >= 11 is 0. The molecule has 0 spiro atoms. The summed E-state index contributed by atoms with van der Waals surface area (Å²) in [6.45, 7) is 1.93. The van der Waals surface area contributed by atoms with Crippen LogP contribution in [0.2, 0.25) is 0 Å². The molecule has 7 nitrogen and oxygen atoms in total. The average Bonchev–Trinajstić information content (AvgIpc) is 2.48. The molecule has 27 heavy (non-hydrogen) atoms. The van der Waals surface area contributed by atoms with Gasteiger partial charge < -0.3 is 19.0 Å². The van der Waals surface area contributed by atoms with E-state index in [-0.39, 0.29) is 81.0 Å². The molecule has 0 aromatic carbocycles. The Morgan fingerprint density at radius 2 is 1.15 bits per heavy atom. The molecule has 0 amide bonds. The van der Waals surface area contributed by atoms with Crippen LogP contribution in [0, 0.1) is 0 Å². The SMILES string of the molecule is C.C.C.C.C.COCCCCOC(=O)CCC(=O)OCC(=O)CCC(C)=O. The normalized spacial score (nSPS) is 8.22. The predicted octanol–water partition coefficient (Wildman–Crippen LogP) is 4.40. The minimum absolute atomic E-state index is 0. The summed E-state index contributed by atoms with van der Waals surface area (Å²) in [5.41, 5.74) is 0. The molecular formula is C20H44O7. The molecule has 0 aliphatic carbocycles. The smallest absolute Gasteiger partial charge is 0.306 e. The molecule has 0 saturated carbocycles. The molecule has 0 aromatic heterocycles. The minimum atomic E-state index is -0.632. The molecule has 0 aromatic rings. The Hall–Kier alpha value is -1.76. The Morgan fingerprint density at radius 3 is 1.63 bits per heavy atom. The van der Waals surface area contributed by atoms with Gasteiger partial charge in [0.1, 0.15) is 12.4 Å². The van der Waals surface area contributed by atoms with Crippen LogP contribution in [0.4, 0.5) is 0 Å². The molecule has 0 aliphatic rings. The topological polar surface area (TPSA) is 96.0 Å². The third-order valence-corrected chi connectivity index (χ3v) is 2.69. The maximum absolute atomic E-state index is 11.3. The first-order valence-electron chi connectivity index (χ1n) is 7.27. The van der Waals surface area contributed by atoms with E-state index < -0.39 is 11.9 Å². The molecule has 0 atom stereocenters. The zero-order chi connectivity index (χ0) is 16.8. The van der Waals surface area contributed by atoms with Gasteiger partial charge in [-0.3, -0.25) is 14.4 Å². The maximum atomic E-state index is 11.3. The van der Waals surface area contributed by atoms with Gasteiger partial charge in [0, 0.05) is 26.6 Å². The van der Waals surface area contributed by atoms with Crippen molar-refractivity contribution in [2.24, 2.45) is 0 Å². The van der Waals surface area contributed by atoms with Gasteiger partial charge in [-0.15, -0.1) is 0 Å². The fourth-order valence-electron chi connectivity index (χ4n) is 1.43. The number of methoxy groups -OCH3 is 1. The van der Waals surface area contributed by atoms with Gasteiger partial charge in [0.2, 0.25) is 0 Å². The second-order valence-electron chi connectivity index (χ2n) is 4.82. The third kappa shape index (κ3) is 29.3. The highest BCUT2D eigenvalue weighted by Crippen LogP contribution is 2.00. The van der Waals surface area contributed by atoms with Crippen LogP contribution >= 0.6 is 0 Å². The van der Waals surface area contributed by atoms with Gasteiger partial charge >= 0.3 is 11.9 Å². The molecule has 7 heteroatoms. The summed E-state index contributed by atoms with van der Waals surface area (Å²) in [5, 5.41) is 0. The number of unbranched alkanes of at least 4 members (excludes halogenated alkanes) is 1. The summed E-state index contributed by atoms with van der Waals surface area (Å²) in [7, 11) is 1.60. The van der Waals surface area contributed by atoms with Gasteiger partial charge in [0.15, 0.2) is 5.78 Å². The first-order valence-corrected chi connectivity index (χ1v) is 7.27. The number of carbonyl (C=O) groups excluding carboxylic acids is 4.